The summed E-state index contributed by atoms with van der Waals surface area (Å²) in [5.74, 6) is 1.56. The Bertz CT molecular complexity index is 1410. The smallest absolute Gasteiger partial charge is 0.253 e. The van der Waals surface area contributed by atoms with Crippen LogP contribution >= 0.6 is 0 Å². The van der Waals surface area contributed by atoms with E-state index in [0.717, 1.165) is 49.7 Å². The van der Waals surface area contributed by atoms with Gasteiger partial charge in [0.25, 0.3) is 5.56 Å². The second-order valence-electron chi connectivity index (χ2n) is 9.02. The Morgan fingerprint density at radius 1 is 1.00 bits per heavy atom. The third-order valence-electron chi connectivity index (χ3n) is 6.72. The molecule has 0 bridgehead atoms. The van der Waals surface area contributed by atoms with Crippen molar-refractivity contribution in [3.8, 4) is 11.5 Å². The number of aromatic amines is 1. The minimum Gasteiger partial charge on any atom is -0.454 e. The molecule has 1 saturated heterocycles. The Labute approximate surface area is 200 Å². The summed E-state index contributed by atoms with van der Waals surface area (Å²) < 4.78 is 26.1. The monoisotopic (exact) mass is 476 g/mol. The van der Waals surface area contributed by atoms with E-state index in [1.54, 1.807) is 22.9 Å². The second kappa shape index (κ2) is 9.10. The summed E-state index contributed by atoms with van der Waals surface area (Å²) >= 11 is 0. The minimum atomic E-state index is -0.429. The largest absolute Gasteiger partial charge is 0.454 e. The molecule has 1 atom stereocenters. The lowest BCUT2D eigenvalue weighted by molar-refractivity contribution is 0.174. The molecule has 0 spiro atoms. The van der Waals surface area contributed by atoms with Gasteiger partial charge in [-0.25, -0.2) is 9.07 Å². The third kappa shape index (κ3) is 4.25. The fraction of sp³-hybridized carbons (Fsp3) is 0.360. The van der Waals surface area contributed by atoms with Gasteiger partial charge in [-0.2, -0.15) is 0 Å². The third-order valence-corrected chi connectivity index (χ3v) is 6.72. The first-order chi connectivity index (χ1) is 17.2. The van der Waals surface area contributed by atoms with Crippen LogP contribution in [0.15, 0.2) is 47.3 Å². The Morgan fingerprint density at radius 3 is 2.51 bits per heavy atom. The molecule has 1 N–H and O–H groups in total. The summed E-state index contributed by atoms with van der Waals surface area (Å²) in [4.78, 5) is 18.8. The van der Waals surface area contributed by atoms with Crippen LogP contribution in [0.1, 0.15) is 48.7 Å². The van der Waals surface area contributed by atoms with E-state index in [9.17, 15) is 9.18 Å². The summed E-state index contributed by atoms with van der Waals surface area (Å²) in [5.41, 5.74) is 1.94. The maximum Gasteiger partial charge on any atom is 0.253 e. The number of likely N-dealkylation sites (tertiary alicyclic amines) is 1. The van der Waals surface area contributed by atoms with Gasteiger partial charge in [-0.15, -0.1) is 5.10 Å². The lowest BCUT2D eigenvalue weighted by atomic mass is 10.0. The number of halogens is 1. The van der Waals surface area contributed by atoms with E-state index in [1.807, 2.05) is 12.1 Å². The quantitative estimate of drug-likeness (QED) is 0.471. The number of ether oxygens (including phenoxy) is 2. The fourth-order valence-corrected chi connectivity index (χ4v) is 4.95. The molecule has 2 aliphatic rings. The number of pyridine rings is 1. The van der Waals surface area contributed by atoms with Crippen molar-refractivity contribution in [2.75, 3.05) is 19.9 Å². The van der Waals surface area contributed by atoms with Gasteiger partial charge in [0.15, 0.2) is 17.3 Å². The standard InChI is InChI=1S/C25H25FN6O3/c26-18-7-5-16(6-8-18)14-32-24(28-29-30-32)23(31-9-3-1-2-4-10-31)19-11-17-12-21-22(35-15-34-21)13-20(17)27-25(19)33/h5-8,11-13,23H,1-4,9-10,14-15H2,(H,27,33). The Balaban J connectivity index is 1.46. The number of tetrazole rings is 1. The number of hydrogen-bond acceptors (Lipinski definition) is 7. The van der Waals surface area contributed by atoms with Gasteiger partial charge in [0.05, 0.1) is 12.1 Å². The summed E-state index contributed by atoms with van der Waals surface area (Å²) in [6.07, 6.45) is 4.39. The Kier molecular flexibility index (Phi) is 5.65. The Morgan fingerprint density at radius 2 is 1.74 bits per heavy atom. The van der Waals surface area contributed by atoms with Crippen LogP contribution in [0.3, 0.4) is 0 Å². The maximum atomic E-state index is 13.4. The number of aromatic nitrogens is 5. The number of fused-ring (bicyclic) bond motifs is 2. The van der Waals surface area contributed by atoms with E-state index in [0.29, 0.717) is 34.9 Å². The number of hydrogen-bond donors (Lipinski definition) is 1. The summed E-state index contributed by atoms with van der Waals surface area (Å²) in [7, 11) is 0. The van der Waals surface area contributed by atoms with Crippen molar-refractivity contribution in [3.63, 3.8) is 0 Å². The topological polar surface area (TPSA) is 98.2 Å². The molecule has 0 radical (unpaired) electrons. The molecule has 180 valence electrons. The van der Waals surface area contributed by atoms with Crippen molar-refractivity contribution in [1.82, 2.24) is 30.1 Å². The van der Waals surface area contributed by atoms with Crippen LogP contribution in [-0.4, -0.2) is 50.0 Å². The van der Waals surface area contributed by atoms with Gasteiger partial charge in [0, 0.05) is 17.0 Å². The molecular formula is C25H25FN6O3. The first kappa shape index (κ1) is 21.7. The summed E-state index contributed by atoms with van der Waals surface area (Å²) in [5, 5.41) is 13.4. The first-order valence-electron chi connectivity index (χ1n) is 11.9. The lowest BCUT2D eigenvalue weighted by Gasteiger charge is -2.29. The van der Waals surface area contributed by atoms with Crippen molar-refractivity contribution in [3.05, 3.63) is 75.6 Å². The number of nitrogens with zero attached hydrogens (tertiary/aromatic N) is 5. The average molecular weight is 477 g/mol. The molecule has 0 saturated carbocycles. The van der Waals surface area contributed by atoms with Gasteiger partial charge in [-0.05, 0) is 66.2 Å². The van der Waals surface area contributed by atoms with Crippen LogP contribution in [0.25, 0.3) is 10.9 Å². The van der Waals surface area contributed by atoms with E-state index >= 15 is 0 Å². The van der Waals surface area contributed by atoms with E-state index in [4.69, 9.17) is 9.47 Å². The number of benzene rings is 2. The highest BCUT2D eigenvalue weighted by atomic mass is 19.1. The van der Waals surface area contributed by atoms with Crippen LogP contribution in [0.2, 0.25) is 0 Å². The second-order valence-corrected chi connectivity index (χ2v) is 9.02. The number of H-pyrrole nitrogens is 1. The highest BCUT2D eigenvalue weighted by molar-refractivity contribution is 5.83. The van der Waals surface area contributed by atoms with Crippen molar-refractivity contribution in [2.45, 2.75) is 38.3 Å². The molecule has 2 aliphatic heterocycles. The first-order valence-corrected chi connectivity index (χ1v) is 11.9. The molecule has 6 rings (SSSR count). The van der Waals surface area contributed by atoms with E-state index in [-0.39, 0.29) is 18.2 Å². The predicted octanol–water partition coefficient (Wildman–Crippen LogP) is 3.40. The molecule has 35 heavy (non-hydrogen) atoms. The van der Waals surface area contributed by atoms with Crippen molar-refractivity contribution < 1.29 is 13.9 Å². The average Bonchev–Trinajstić information content (AvgIpc) is 3.41. The van der Waals surface area contributed by atoms with Crippen molar-refractivity contribution in [1.29, 1.82) is 0 Å². The Hall–Kier alpha value is -3.79. The normalized spacial score (nSPS) is 16.9. The highest BCUT2D eigenvalue weighted by Gasteiger charge is 2.31. The highest BCUT2D eigenvalue weighted by Crippen LogP contribution is 2.36. The summed E-state index contributed by atoms with van der Waals surface area (Å²) in [6, 6.07) is 11.4. The predicted molar refractivity (Wildman–Crippen MR) is 126 cm³/mol. The molecule has 10 heteroatoms. The van der Waals surface area contributed by atoms with Gasteiger partial charge in [0.2, 0.25) is 6.79 Å². The molecular weight excluding hydrogens is 451 g/mol. The van der Waals surface area contributed by atoms with Gasteiger partial charge >= 0.3 is 0 Å². The van der Waals surface area contributed by atoms with Crippen LogP contribution in [0.5, 0.6) is 11.5 Å². The molecule has 0 amide bonds. The number of rotatable bonds is 5. The van der Waals surface area contributed by atoms with E-state index in [2.05, 4.69) is 25.4 Å². The molecule has 4 heterocycles. The van der Waals surface area contributed by atoms with Crippen LogP contribution < -0.4 is 15.0 Å². The zero-order valence-corrected chi connectivity index (χ0v) is 19.1. The molecule has 0 aliphatic carbocycles. The van der Waals surface area contributed by atoms with Gasteiger partial charge in [-0.3, -0.25) is 9.69 Å². The van der Waals surface area contributed by atoms with Crippen molar-refractivity contribution in [2.24, 2.45) is 0 Å². The zero-order chi connectivity index (χ0) is 23.8. The van der Waals surface area contributed by atoms with Crippen molar-refractivity contribution >= 4 is 10.9 Å². The maximum absolute atomic E-state index is 13.4. The van der Waals surface area contributed by atoms with Crippen LogP contribution in [0.4, 0.5) is 4.39 Å². The molecule has 2 aromatic carbocycles. The SMILES string of the molecule is O=c1[nH]c2cc3c(cc2cc1C(c1nnnn1Cc1ccc(F)cc1)N1CCCCCC1)OCO3. The van der Waals surface area contributed by atoms with Gasteiger partial charge in [0.1, 0.15) is 11.9 Å². The van der Waals surface area contributed by atoms with Crippen LogP contribution in [0, 0.1) is 5.82 Å². The van der Waals surface area contributed by atoms with Gasteiger partial charge < -0.3 is 14.5 Å². The molecule has 9 nitrogen and oxygen atoms in total. The minimum absolute atomic E-state index is 0.164. The van der Waals surface area contributed by atoms with Crippen LogP contribution in [-0.2, 0) is 6.54 Å². The molecule has 1 unspecified atom stereocenters. The van der Waals surface area contributed by atoms with E-state index in [1.165, 1.54) is 12.1 Å². The fourth-order valence-electron chi connectivity index (χ4n) is 4.95. The molecule has 4 aromatic rings. The van der Waals surface area contributed by atoms with E-state index < -0.39 is 6.04 Å². The molecule has 2 aromatic heterocycles. The number of nitrogens with one attached hydrogen (secondary N) is 1. The summed E-state index contributed by atoms with van der Waals surface area (Å²) in [6.45, 7) is 2.22. The van der Waals surface area contributed by atoms with Gasteiger partial charge in [-0.1, -0.05) is 25.0 Å². The lowest BCUT2D eigenvalue weighted by Crippen LogP contribution is -2.36. The molecule has 1 fully saturated rings. The zero-order valence-electron chi connectivity index (χ0n) is 19.1.